The first-order chi connectivity index (χ1) is 18.0. The molecule has 1 atom stereocenters. The number of aromatic nitrogens is 2. The minimum absolute atomic E-state index is 0.0663. The number of nitrogens with zero attached hydrogens (tertiary/aromatic N) is 3. The third-order valence-corrected chi connectivity index (χ3v) is 7.94. The maximum atomic E-state index is 14.1. The van der Waals surface area contributed by atoms with Gasteiger partial charge in [0.15, 0.2) is 5.76 Å². The lowest BCUT2D eigenvalue weighted by molar-refractivity contribution is -0.117. The van der Waals surface area contributed by atoms with Crippen molar-refractivity contribution in [3.63, 3.8) is 0 Å². The Morgan fingerprint density at radius 1 is 0.946 bits per heavy atom. The molecule has 3 heterocycles. The predicted molar refractivity (Wildman–Crippen MR) is 146 cm³/mol. The van der Waals surface area contributed by atoms with E-state index in [1.165, 1.54) is 16.2 Å². The number of carbonyl (C=O) groups is 2. The molecule has 37 heavy (non-hydrogen) atoms. The van der Waals surface area contributed by atoms with E-state index >= 15 is 0 Å². The minimum atomic E-state index is -0.796. The molecule has 0 saturated carbocycles. The number of aliphatic hydroxyl groups is 1. The van der Waals surface area contributed by atoms with Crippen molar-refractivity contribution in [2.45, 2.75) is 13.0 Å². The maximum absolute atomic E-state index is 14.1. The van der Waals surface area contributed by atoms with Crippen LogP contribution in [0.2, 0.25) is 0 Å². The molecule has 0 fully saturated rings. The van der Waals surface area contributed by atoms with Gasteiger partial charge in [-0.2, -0.15) is 0 Å². The number of anilines is 1. The van der Waals surface area contributed by atoms with Crippen LogP contribution >= 0.6 is 11.3 Å². The number of ketones is 1. The summed E-state index contributed by atoms with van der Waals surface area (Å²) in [5, 5.41) is 12.8. The molecule has 1 N–H and O–H groups in total. The van der Waals surface area contributed by atoms with E-state index in [-0.39, 0.29) is 11.4 Å². The molecular weight excluding hydrogens is 482 g/mol. The first kappa shape index (κ1) is 22.9. The van der Waals surface area contributed by atoms with Gasteiger partial charge < -0.3 is 9.67 Å². The van der Waals surface area contributed by atoms with Gasteiger partial charge in [-0.3, -0.25) is 14.5 Å². The molecule has 5 aromatic rings. The second-order valence-corrected chi connectivity index (χ2v) is 10.0. The van der Waals surface area contributed by atoms with Crippen molar-refractivity contribution in [2.75, 3.05) is 4.90 Å². The average molecular weight is 506 g/mol. The molecule has 1 amide bonds. The van der Waals surface area contributed by atoms with Crippen molar-refractivity contribution in [3.8, 4) is 10.6 Å². The highest BCUT2D eigenvalue weighted by molar-refractivity contribution is 7.17. The molecule has 6 nitrogen and oxygen atoms in total. The van der Waals surface area contributed by atoms with Gasteiger partial charge in [0.05, 0.1) is 22.2 Å². The number of rotatable bonds is 5. The Hall–Kier alpha value is -4.49. The molecule has 2 aromatic heterocycles. The van der Waals surface area contributed by atoms with Gasteiger partial charge in [0.1, 0.15) is 5.01 Å². The topological polar surface area (TPSA) is 75.4 Å². The van der Waals surface area contributed by atoms with E-state index in [0.717, 1.165) is 22.0 Å². The zero-order chi connectivity index (χ0) is 25.7. The number of aryl methyl sites for hydroxylation is 2. The second kappa shape index (κ2) is 8.87. The van der Waals surface area contributed by atoms with Gasteiger partial charge in [-0.1, -0.05) is 66.7 Å². The van der Waals surface area contributed by atoms with Gasteiger partial charge >= 0.3 is 0 Å². The Morgan fingerprint density at radius 3 is 2.32 bits per heavy atom. The van der Waals surface area contributed by atoms with Gasteiger partial charge in [-0.15, -0.1) is 11.3 Å². The van der Waals surface area contributed by atoms with E-state index in [4.69, 9.17) is 0 Å². The molecular formula is C30H23N3O3S. The van der Waals surface area contributed by atoms with Crippen LogP contribution in [0.1, 0.15) is 27.0 Å². The Morgan fingerprint density at radius 2 is 1.59 bits per heavy atom. The van der Waals surface area contributed by atoms with Crippen molar-refractivity contribution in [1.82, 2.24) is 9.55 Å². The minimum Gasteiger partial charge on any atom is -0.503 e. The molecule has 0 bridgehead atoms. The third-order valence-electron chi connectivity index (χ3n) is 6.73. The fourth-order valence-electron chi connectivity index (χ4n) is 5.01. The summed E-state index contributed by atoms with van der Waals surface area (Å²) in [6.07, 6.45) is 1.93. The normalized spacial score (nSPS) is 15.7. The van der Waals surface area contributed by atoms with Crippen molar-refractivity contribution in [2.24, 2.45) is 7.05 Å². The number of thiazole rings is 1. The van der Waals surface area contributed by atoms with Crippen LogP contribution in [-0.4, -0.2) is 26.3 Å². The first-order valence-corrected chi connectivity index (χ1v) is 12.7. The number of benzene rings is 3. The smallest absolute Gasteiger partial charge is 0.294 e. The molecule has 1 unspecified atom stereocenters. The molecule has 1 aliphatic heterocycles. The summed E-state index contributed by atoms with van der Waals surface area (Å²) >= 11 is 1.27. The van der Waals surface area contributed by atoms with Crippen molar-refractivity contribution >= 4 is 39.6 Å². The van der Waals surface area contributed by atoms with Crippen LogP contribution in [0.15, 0.2) is 102 Å². The molecule has 0 spiro atoms. The third kappa shape index (κ3) is 3.67. The molecule has 0 saturated heterocycles. The Balaban J connectivity index is 1.54. The fraction of sp³-hybridized carbons (Fsp3) is 0.100. The van der Waals surface area contributed by atoms with Crippen LogP contribution in [-0.2, 0) is 11.8 Å². The van der Waals surface area contributed by atoms with Gasteiger partial charge in [-0.05, 0) is 25.1 Å². The van der Waals surface area contributed by atoms with Crippen LogP contribution in [0, 0.1) is 6.92 Å². The number of hydrogen-bond acceptors (Lipinski definition) is 5. The number of carbonyl (C=O) groups excluding carboxylic acids is 2. The first-order valence-electron chi connectivity index (χ1n) is 11.9. The Labute approximate surface area is 217 Å². The van der Waals surface area contributed by atoms with Crippen molar-refractivity contribution in [3.05, 3.63) is 119 Å². The van der Waals surface area contributed by atoms with Crippen molar-refractivity contribution < 1.29 is 14.7 Å². The van der Waals surface area contributed by atoms with Crippen molar-refractivity contribution in [1.29, 1.82) is 0 Å². The molecule has 0 radical (unpaired) electrons. The standard InChI is InChI=1S/C30H23N3O3S/c1-18-28(37-29(31-18)19-11-5-3-6-12-19)26(34)24-25(22-17-32(2)23-16-10-9-15-21(22)23)33(30(36)27(24)35)20-13-7-4-8-14-20/h3-17,25,35H,1-2H3. The summed E-state index contributed by atoms with van der Waals surface area (Å²) in [4.78, 5) is 34.2. The number of aliphatic hydroxyl groups excluding tert-OH is 1. The van der Waals surface area contributed by atoms with Crippen LogP contribution in [0.4, 0.5) is 5.69 Å². The van der Waals surface area contributed by atoms with E-state index in [2.05, 4.69) is 4.98 Å². The fourth-order valence-corrected chi connectivity index (χ4v) is 6.04. The van der Waals surface area contributed by atoms with E-state index < -0.39 is 17.7 Å². The maximum Gasteiger partial charge on any atom is 0.294 e. The number of para-hydroxylation sites is 2. The highest BCUT2D eigenvalue weighted by Gasteiger charge is 2.46. The zero-order valence-electron chi connectivity index (χ0n) is 20.3. The largest absolute Gasteiger partial charge is 0.503 e. The van der Waals surface area contributed by atoms with Crippen LogP contribution in [0.5, 0.6) is 0 Å². The van der Waals surface area contributed by atoms with Gasteiger partial charge in [0.25, 0.3) is 5.91 Å². The summed E-state index contributed by atoms with van der Waals surface area (Å²) in [6, 6.07) is 25.9. The van der Waals surface area contributed by atoms with Gasteiger partial charge in [0.2, 0.25) is 5.78 Å². The Kier molecular flexibility index (Phi) is 5.50. The predicted octanol–water partition coefficient (Wildman–Crippen LogP) is 6.39. The molecule has 182 valence electrons. The Bertz CT molecular complexity index is 1700. The van der Waals surface area contributed by atoms with Crippen LogP contribution in [0.3, 0.4) is 0 Å². The SMILES string of the molecule is Cc1nc(-c2ccccc2)sc1C(=O)C1=C(O)C(=O)N(c2ccccc2)C1c1cn(C)c2ccccc12. The number of fused-ring (bicyclic) bond motifs is 1. The highest BCUT2D eigenvalue weighted by Crippen LogP contribution is 2.45. The summed E-state index contributed by atoms with van der Waals surface area (Å²) in [7, 11) is 1.93. The lowest BCUT2D eigenvalue weighted by Crippen LogP contribution is -2.30. The summed E-state index contributed by atoms with van der Waals surface area (Å²) in [5.74, 6) is -1.52. The van der Waals surface area contributed by atoms with Gasteiger partial charge in [-0.25, -0.2) is 4.98 Å². The van der Waals surface area contributed by atoms with Crippen LogP contribution < -0.4 is 4.90 Å². The quantitative estimate of drug-likeness (QED) is 0.281. The molecule has 6 rings (SSSR count). The number of hydrogen-bond donors (Lipinski definition) is 1. The highest BCUT2D eigenvalue weighted by atomic mass is 32.1. The van der Waals surface area contributed by atoms with E-state index in [1.54, 1.807) is 6.92 Å². The number of amides is 1. The summed E-state index contributed by atoms with van der Waals surface area (Å²) in [6.45, 7) is 1.78. The van der Waals surface area contributed by atoms with Gasteiger partial charge in [0, 0.05) is 41.0 Å². The lowest BCUT2D eigenvalue weighted by Gasteiger charge is -2.26. The van der Waals surface area contributed by atoms with Crippen LogP contribution in [0.25, 0.3) is 21.5 Å². The van der Waals surface area contributed by atoms with E-state index in [0.29, 0.717) is 21.3 Å². The number of Topliss-reactive ketones (excluding diaryl/α,β-unsaturated/α-hetero) is 1. The second-order valence-electron chi connectivity index (χ2n) is 9.02. The molecule has 7 heteroatoms. The molecule has 0 aliphatic carbocycles. The van der Waals surface area contributed by atoms with E-state index in [1.807, 2.05) is 103 Å². The summed E-state index contributed by atoms with van der Waals surface area (Å²) < 4.78 is 1.97. The lowest BCUT2D eigenvalue weighted by atomic mass is 9.94. The monoisotopic (exact) mass is 505 g/mol. The van der Waals surface area contributed by atoms with E-state index in [9.17, 15) is 14.7 Å². The average Bonchev–Trinajstić information content (AvgIpc) is 3.56. The zero-order valence-corrected chi connectivity index (χ0v) is 21.1. The molecule has 1 aliphatic rings. The molecule has 3 aromatic carbocycles. The summed E-state index contributed by atoms with van der Waals surface area (Å²) in [5.41, 5.74) is 3.88.